The van der Waals surface area contributed by atoms with E-state index in [1.807, 2.05) is 51.9 Å². The van der Waals surface area contributed by atoms with Gasteiger partial charge in [0.25, 0.3) is 0 Å². The van der Waals surface area contributed by atoms with E-state index in [1.165, 1.54) is 55.5 Å². The Hall–Kier alpha value is -1.26. The number of hydrogen-bond acceptors (Lipinski definition) is 6. The van der Waals surface area contributed by atoms with E-state index in [0.29, 0.717) is 17.7 Å². The van der Waals surface area contributed by atoms with Crippen LogP contribution in [0.4, 0.5) is 8.78 Å². The Labute approximate surface area is 250 Å². The van der Waals surface area contributed by atoms with Gasteiger partial charge in [-0.25, -0.2) is 8.78 Å². The first-order chi connectivity index (χ1) is 15.9. The second-order valence-electron chi connectivity index (χ2n) is 7.92. The van der Waals surface area contributed by atoms with E-state index in [2.05, 4.69) is 22.6 Å². The zero-order valence-corrected chi connectivity index (χ0v) is 26.9. The molecule has 0 spiro atoms. The molecule has 1 atom stereocenters. The van der Waals surface area contributed by atoms with Crippen LogP contribution in [0.3, 0.4) is 0 Å². The van der Waals surface area contributed by atoms with Crippen molar-refractivity contribution in [3.05, 3.63) is 71.3 Å². The molecular weight excluding hydrogens is 590 g/mol. The molecule has 0 heterocycles. The number of carbonyl (C=O) groups excluding carboxylic acids is 2. The second-order valence-corrected chi connectivity index (χ2v) is 7.92. The Morgan fingerprint density at radius 2 is 1.22 bits per heavy atom. The normalized spacial score (nSPS) is 10.0. The number of ketones is 2. The third-order valence-electron chi connectivity index (χ3n) is 4.21. The minimum Gasteiger partial charge on any atom is -0.870 e. The van der Waals surface area contributed by atoms with E-state index in [0.717, 1.165) is 0 Å². The molecule has 10 heteroatoms. The van der Waals surface area contributed by atoms with Gasteiger partial charge in [0.15, 0.2) is 11.6 Å². The van der Waals surface area contributed by atoms with E-state index in [-0.39, 0.29) is 70.2 Å². The number of nitriles is 1. The zero-order chi connectivity index (χ0) is 26.8. The summed E-state index contributed by atoms with van der Waals surface area (Å²) in [4.78, 5) is 29.2. The SMILES string of the molecule is CC#N.CC(C)C(C(=O)c1ccc(F)cc1)N(C)C.CI.CN(C)CC(=O)c1ccc(F)cc1.[Na+].[OH-]. The quantitative estimate of drug-likeness (QED) is 0.203. The third kappa shape index (κ3) is 18.1. The molecule has 36 heavy (non-hydrogen) atoms. The molecule has 0 aliphatic rings. The van der Waals surface area contributed by atoms with E-state index < -0.39 is 0 Å². The van der Waals surface area contributed by atoms with Crippen molar-refractivity contribution >= 4 is 34.2 Å². The van der Waals surface area contributed by atoms with Crippen molar-refractivity contribution in [2.75, 3.05) is 39.7 Å². The monoisotopic (exact) mass is 627 g/mol. The molecule has 0 saturated carbocycles. The maximum atomic E-state index is 12.7. The Kier molecular flexibility index (Phi) is 28.0. The van der Waals surface area contributed by atoms with Crippen LogP contribution in [0.2, 0.25) is 0 Å². The maximum absolute atomic E-state index is 12.7. The Morgan fingerprint density at radius 1 is 0.889 bits per heavy atom. The van der Waals surface area contributed by atoms with Gasteiger partial charge in [0.1, 0.15) is 11.6 Å². The van der Waals surface area contributed by atoms with E-state index in [9.17, 15) is 18.4 Å². The summed E-state index contributed by atoms with van der Waals surface area (Å²) in [6, 6.07) is 12.9. The summed E-state index contributed by atoms with van der Waals surface area (Å²) in [6.07, 6.45) is 0. The summed E-state index contributed by atoms with van der Waals surface area (Å²) < 4.78 is 25.2. The molecule has 0 amide bonds. The average Bonchev–Trinajstić information content (AvgIpc) is 2.76. The third-order valence-corrected chi connectivity index (χ3v) is 4.21. The molecule has 6 nitrogen and oxygen atoms in total. The molecule has 1 N–H and O–H groups in total. The molecule has 196 valence electrons. The van der Waals surface area contributed by atoms with E-state index in [1.54, 1.807) is 11.0 Å². The summed E-state index contributed by atoms with van der Waals surface area (Å²) in [5.74, 6) is -0.360. The number of hydrogen-bond donors (Lipinski definition) is 0. The standard InChI is InChI=1S/C13H18FNO.C10H12FNO.C2H3N.CH3I.Na.H2O/c1-9(2)12(15(3)4)13(16)10-5-7-11(14)8-6-10;1-12(2)7-10(13)8-3-5-9(11)6-4-8;1-2-3;1-2;;/h5-9,12H,1-4H3;3-6H,7H2,1-2H3;1H3;1H3;;1H2/q;;;;+1;/p-1. The molecule has 0 aliphatic carbocycles. The average molecular weight is 627 g/mol. The number of halogens is 3. The molecule has 0 aromatic heterocycles. The first kappa shape index (κ1) is 41.9. The van der Waals surface area contributed by atoms with Gasteiger partial charge in [-0.1, -0.05) is 36.4 Å². The van der Waals surface area contributed by atoms with Crippen molar-refractivity contribution in [1.29, 1.82) is 5.26 Å². The first-order valence-electron chi connectivity index (χ1n) is 10.5. The Balaban J connectivity index is -0.000000233. The topological polar surface area (TPSA) is 94.4 Å². The molecular formula is C26H37F2IN3NaO3. The first-order valence-corrected chi connectivity index (χ1v) is 12.7. The fraction of sp³-hybridized carbons (Fsp3) is 0.423. The maximum Gasteiger partial charge on any atom is 1.00 e. The Morgan fingerprint density at radius 3 is 1.50 bits per heavy atom. The van der Waals surface area contributed by atoms with Gasteiger partial charge in [-0.15, -0.1) is 0 Å². The fourth-order valence-corrected chi connectivity index (χ4v) is 2.93. The van der Waals surface area contributed by atoms with Crippen LogP contribution in [0, 0.1) is 28.9 Å². The zero-order valence-electron chi connectivity index (χ0n) is 22.7. The summed E-state index contributed by atoms with van der Waals surface area (Å²) in [6.45, 7) is 5.80. The molecule has 1 unspecified atom stereocenters. The number of Topliss-reactive ketones (excluding diaryl/α,β-unsaturated/α-hetero) is 2. The number of rotatable bonds is 7. The molecule has 2 rings (SSSR count). The summed E-state index contributed by atoms with van der Waals surface area (Å²) in [5.41, 5.74) is 1.11. The van der Waals surface area contributed by atoms with Gasteiger partial charge >= 0.3 is 29.6 Å². The molecule has 0 radical (unpaired) electrons. The molecule has 0 bridgehead atoms. The smallest absolute Gasteiger partial charge is 0.870 e. The van der Waals surface area contributed by atoms with Crippen LogP contribution < -0.4 is 29.6 Å². The van der Waals surface area contributed by atoms with Gasteiger partial charge in [-0.05, 0) is 87.6 Å². The number of nitrogens with zero attached hydrogens (tertiary/aromatic N) is 3. The molecule has 0 fully saturated rings. The molecule has 0 aliphatic heterocycles. The predicted molar refractivity (Wildman–Crippen MR) is 145 cm³/mol. The van der Waals surface area contributed by atoms with Crippen LogP contribution in [0.5, 0.6) is 0 Å². The van der Waals surface area contributed by atoms with Gasteiger partial charge in [0.05, 0.1) is 18.7 Å². The number of benzene rings is 2. The Bertz CT molecular complexity index is 881. The van der Waals surface area contributed by atoms with Gasteiger partial charge in [-0.3, -0.25) is 14.5 Å². The van der Waals surface area contributed by atoms with Gasteiger partial charge < -0.3 is 10.4 Å². The largest absolute Gasteiger partial charge is 1.00 e. The van der Waals surface area contributed by atoms with Crippen LogP contribution in [-0.2, 0) is 0 Å². The van der Waals surface area contributed by atoms with Crippen LogP contribution in [-0.4, -0.2) is 72.6 Å². The van der Waals surface area contributed by atoms with E-state index >= 15 is 0 Å². The minimum absolute atomic E-state index is 0. The molecule has 2 aromatic rings. The van der Waals surface area contributed by atoms with Gasteiger partial charge in [0, 0.05) is 18.1 Å². The predicted octanol–water partition coefficient (Wildman–Crippen LogP) is 2.57. The number of carbonyl (C=O) groups is 2. The summed E-state index contributed by atoms with van der Waals surface area (Å²) in [5, 5.41) is 7.32. The molecule has 2 aromatic carbocycles. The van der Waals surface area contributed by atoms with E-state index in [4.69, 9.17) is 5.26 Å². The van der Waals surface area contributed by atoms with Crippen LogP contribution in [0.1, 0.15) is 41.5 Å². The van der Waals surface area contributed by atoms with Crippen molar-refractivity contribution < 1.29 is 53.4 Å². The van der Waals surface area contributed by atoms with Crippen LogP contribution >= 0.6 is 22.6 Å². The van der Waals surface area contributed by atoms with Crippen LogP contribution in [0.25, 0.3) is 0 Å². The van der Waals surface area contributed by atoms with Crippen molar-refractivity contribution in [2.45, 2.75) is 26.8 Å². The summed E-state index contributed by atoms with van der Waals surface area (Å²) >= 11 is 2.15. The van der Waals surface area contributed by atoms with Crippen molar-refractivity contribution in [1.82, 2.24) is 9.80 Å². The summed E-state index contributed by atoms with van der Waals surface area (Å²) in [7, 11) is 7.40. The van der Waals surface area contributed by atoms with Crippen molar-refractivity contribution in [3.63, 3.8) is 0 Å². The fourth-order valence-electron chi connectivity index (χ4n) is 2.93. The number of likely N-dealkylation sites (N-methyl/N-ethyl adjacent to an activating group) is 2. The van der Waals surface area contributed by atoms with Gasteiger partial charge in [-0.2, -0.15) is 5.26 Å². The van der Waals surface area contributed by atoms with Crippen molar-refractivity contribution in [3.8, 4) is 6.07 Å². The molecule has 0 saturated heterocycles. The van der Waals surface area contributed by atoms with Crippen molar-refractivity contribution in [2.24, 2.45) is 5.92 Å². The number of alkyl halides is 1. The van der Waals surface area contributed by atoms with Gasteiger partial charge in [0.2, 0.25) is 0 Å². The van der Waals surface area contributed by atoms with Crippen LogP contribution in [0.15, 0.2) is 48.5 Å². The second kappa shape index (κ2) is 24.1. The minimum atomic E-state index is -0.318.